The number of hydrogen-bond donors (Lipinski definition) is 0. The van der Waals surface area contributed by atoms with Gasteiger partial charge in [-0.3, -0.25) is 4.79 Å². The van der Waals surface area contributed by atoms with Gasteiger partial charge >= 0.3 is 0 Å². The number of rotatable bonds is 4. The third-order valence-electron chi connectivity index (χ3n) is 2.29. The van der Waals surface area contributed by atoms with E-state index in [-0.39, 0.29) is 11.7 Å². The monoisotopic (exact) mass is 188 g/mol. The molecule has 0 aromatic heterocycles. The first-order valence-corrected chi connectivity index (χ1v) is 4.92. The van der Waals surface area contributed by atoms with Gasteiger partial charge < -0.3 is 0 Å². The van der Waals surface area contributed by atoms with E-state index in [1.165, 1.54) is 5.56 Å². The molecule has 0 radical (unpaired) electrons. The molecule has 0 fully saturated rings. The molecule has 0 heterocycles. The zero-order chi connectivity index (χ0) is 10.4. The van der Waals surface area contributed by atoms with E-state index < -0.39 is 0 Å². The highest BCUT2D eigenvalue weighted by Gasteiger charge is 2.03. The van der Waals surface area contributed by atoms with Crippen LogP contribution < -0.4 is 0 Å². The summed E-state index contributed by atoms with van der Waals surface area (Å²) in [6.07, 6.45) is 4.94. The lowest BCUT2D eigenvalue weighted by atomic mass is 10.0. The topological polar surface area (TPSA) is 17.1 Å². The molecule has 14 heavy (non-hydrogen) atoms. The normalized spacial score (nSPS) is 13.0. The van der Waals surface area contributed by atoms with Gasteiger partial charge in [0.05, 0.1) is 0 Å². The molecule has 0 saturated heterocycles. The van der Waals surface area contributed by atoms with Crippen molar-refractivity contribution in [3.63, 3.8) is 0 Å². The van der Waals surface area contributed by atoms with Crippen molar-refractivity contribution < 1.29 is 4.79 Å². The van der Waals surface area contributed by atoms with E-state index in [1.54, 1.807) is 6.92 Å². The highest BCUT2D eigenvalue weighted by atomic mass is 16.1. The summed E-state index contributed by atoms with van der Waals surface area (Å²) in [4.78, 5) is 11.0. The minimum atomic E-state index is 0.134. The van der Waals surface area contributed by atoms with Gasteiger partial charge in [-0.15, -0.1) is 0 Å². The Morgan fingerprint density at radius 1 is 1.36 bits per heavy atom. The van der Waals surface area contributed by atoms with Gasteiger partial charge in [0.1, 0.15) is 5.78 Å². The first-order chi connectivity index (χ1) is 6.70. The fraction of sp³-hybridized carbons (Fsp3) is 0.308. The molecule has 1 aromatic rings. The molecule has 0 spiro atoms. The molecule has 0 aliphatic rings. The van der Waals surface area contributed by atoms with Crippen molar-refractivity contribution in [2.45, 2.75) is 20.3 Å². The van der Waals surface area contributed by atoms with Gasteiger partial charge in [-0.2, -0.15) is 0 Å². The largest absolute Gasteiger partial charge is 0.300 e. The Labute approximate surface area is 85.5 Å². The molecule has 1 unspecified atom stereocenters. The predicted molar refractivity (Wildman–Crippen MR) is 59.9 cm³/mol. The number of carbonyl (C=O) groups is 1. The molecule has 0 saturated carbocycles. The lowest BCUT2D eigenvalue weighted by Gasteiger charge is -2.01. The second-order valence-corrected chi connectivity index (χ2v) is 3.56. The van der Waals surface area contributed by atoms with Gasteiger partial charge in [0.2, 0.25) is 0 Å². The van der Waals surface area contributed by atoms with Crippen LogP contribution in [0.25, 0.3) is 6.08 Å². The van der Waals surface area contributed by atoms with Crippen molar-refractivity contribution in [3.8, 4) is 0 Å². The van der Waals surface area contributed by atoms with Crippen LogP contribution >= 0.6 is 0 Å². The van der Waals surface area contributed by atoms with Crippen LogP contribution in [0.15, 0.2) is 36.4 Å². The van der Waals surface area contributed by atoms with Crippen LogP contribution in [-0.2, 0) is 4.79 Å². The zero-order valence-corrected chi connectivity index (χ0v) is 8.73. The average Bonchev–Trinajstić information content (AvgIpc) is 2.19. The highest BCUT2D eigenvalue weighted by Crippen LogP contribution is 2.07. The third-order valence-corrected chi connectivity index (χ3v) is 2.29. The quantitative estimate of drug-likeness (QED) is 0.708. The fourth-order valence-electron chi connectivity index (χ4n) is 1.14. The number of carbonyl (C=O) groups excluding carboxylic acids is 1. The molecule has 0 aliphatic carbocycles. The highest BCUT2D eigenvalue weighted by molar-refractivity contribution is 5.78. The van der Waals surface area contributed by atoms with Crippen molar-refractivity contribution in [1.82, 2.24) is 0 Å². The van der Waals surface area contributed by atoms with E-state index in [2.05, 4.69) is 24.3 Å². The van der Waals surface area contributed by atoms with Gasteiger partial charge in [-0.1, -0.05) is 49.4 Å². The molecule has 0 aliphatic heterocycles. The van der Waals surface area contributed by atoms with Crippen LogP contribution in [0.4, 0.5) is 0 Å². The van der Waals surface area contributed by atoms with E-state index in [0.717, 1.165) is 6.42 Å². The van der Waals surface area contributed by atoms with Crippen molar-refractivity contribution in [1.29, 1.82) is 0 Å². The lowest BCUT2D eigenvalue weighted by Crippen LogP contribution is -2.03. The third kappa shape index (κ3) is 3.56. The molecule has 0 bridgehead atoms. The summed E-state index contributed by atoms with van der Waals surface area (Å²) in [5.41, 5.74) is 1.18. The molecule has 1 aromatic carbocycles. The van der Waals surface area contributed by atoms with E-state index in [0.29, 0.717) is 0 Å². The Hall–Kier alpha value is -1.37. The van der Waals surface area contributed by atoms with Crippen LogP contribution in [0.2, 0.25) is 0 Å². The minimum Gasteiger partial charge on any atom is -0.300 e. The summed E-state index contributed by atoms with van der Waals surface area (Å²) in [7, 11) is 0. The smallest absolute Gasteiger partial charge is 0.132 e. The van der Waals surface area contributed by atoms with Crippen LogP contribution in [0.1, 0.15) is 25.8 Å². The summed E-state index contributed by atoms with van der Waals surface area (Å²) in [5, 5.41) is 0. The first-order valence-electron chi connectivity index (χ1n) is 4.92. The van der Waals surface area contributed by atoms with Gasteiger partial charge in [0.25, 0.3) is 0 Å². The Balaban J connectivity index is 2.46. The maximum atomic E-state index is 11.0. The molecule has 74 valence electrons. The van der Waals surface area contributed by atoms with Gasteiger partial charge in [0.15, 0.2) is 0 Å². The molecule has 0 N–H and O–H groups in total. The van der Waals surface area contributed by atoms with E-state index in [1.807, 2.05) is 25.1 Å². The van der Waals surface area contributed by atoms with Crippen molar-refractivity contribution in [3.05, 3.63) is 42.0 Å². The standard InChI is InChI=1S/C13H16O/c1-11(12(2)14)7-6-10-13-8-4-3-5-9-13/h3-6,8-11H,7H2,1-2H3/b10-6+. The van der Waals surface area contributed by atoms with Crippen LogP contribution in [0, 0.1) is 5.92 Å². The number of ketones is 1. The Morgan fingerprint density at radius 3 is 2.57 bits per heavy atom. The number of Topliss-reactive ketones (excluding diaryl/α,β-unsaturated/α-hetero) is 1. The van der Waals surface area contributed by atoms with Gasteiger partial charge in [0, 0.05) is 5.92 Å². The first kappa shape index (κ1) is 10.7. The molecule has 1 rings (SSSR count). The molecule has 0 amide bonds. The van der Waals surface area contributed by atoms with Crippen LogP contribution in [0.3, 0.4) is 0 Å². The average molecular weight is 188 g/mol. The summed E-state index contributed by atoms with van der Waals surface area (Å²) in [5.74, 6) is 0.387. The maximum Gasteiger partial charge on any atom is 0.132 e. The minimum absolute atomic E-state index is 0.134. The summed E-state index contributed by atoms with van der Waals surface area (Å²) in [6, 6.07) is 10.1. The second-order valence-electron chi connectivity index (χ2n) is 3.56. The van der Waals surface area contributed by atoms with Crippen molar-refractivity contribution in [2.24, 2.45) is 5.92 Å². The second kappa shape index (κ2) is 5.38. The lowest BCUT2D eigenvalue weighted by molar-refractivity contribution is -0.120. The SMILES string of the molecule is CC(=O)C(C)C/C=C/c1ccccc1. The van der Waals surface area contributed by atoms with E-state index in [4.69, 9.17) is 0 Å². The maximum absolute atomic E-state index is 11.0. The molecule has 1 heteroatoms. The number of hydrogen-bond acceptors (Lipinski definition) is 1. The Morgan fingerprint density at radius 2 is 2.00 bits per heavy atom. The summed E-state index contributed by atoms with van der Waals surface area (Å²) in [6.45, 7) is 3.60. The molecule has 1 atom stereocenters. The Kier molecular flexibility index (Phi) is 4.11. The summed E-state index contributed by atoms with van der Waals surface area (Å²) >= 11 is 0. The molecular weight excluding hydrogens is 172 g/mol. The fourth-order valence-corrected chi connectivity index (χ4v) is 1.14. The van der Waals surface area contributed by atoms with Gasteiger partial charge in [-0.25, -0.2) is 0 Å². The van der Waals surface area contributed by atoms with Crippen LogP contribution in [-0.4, -0.2) is 5.78 Å². The molecule has 1 nitrogen and oxygen atoms in total. The van der Waals surface area contributed by atoms with Crippen molar-refractivity contribution in [2.75, 3.05) is 0 Å². The summed E-state index contributed by atoms with van der Waals surface area (Å²) < 4.78 is 0. The zero-order valence-electron chi connectivity index (χ0n) is 8.73. The number of allylic oxidation sites excluding steroid dienone is 1. The van der Waals surface area contributed by atoms with E-state index in [9.17, 15) is 4.79 Å². The number of benzene rings is 1. The predicted octanol–water partition coefficient (Wildman–Crippen LogP) is 3.32. The van der Waals surface area contributed by atoms with Crippen molar-refractivity contribution >= 4 is 11.9 Å². The van der Waals surface area contributed by atoms with Crippen LogP contribution in [0.5, 0.6) is 0 Å². The molecular formula is C13H16O. The Bertz CT molecular complexity index is 311. The van der Waals surface area contributed by atoms with Gasteiger partial charge in [-0.05, 0) is 18.9 Å². The van der Waals surface area contributed by atoms with E-state index >= 15 is 0 Å².